The maximum Gasteiger partial charge on any atom is 0.250 e. The third kappa shape index (κ3) is 3.27. The topological polar surface area (TPSA) is 57.2 Å². The normalized spacial score (nSPS) is 13.1. The predicted molar refractivity (Wildman–Crippen MR) is 83.7 cm³/mol. The van der Waals surface area contributed by atoms with Crippen molar-refractivity contribution in [2.24, 2.45) is 0 Å². The van der Waals surface area contributed by atoms with Gasteiger partial charge in [-0.1, -0.05) is 6.07 Å². The van der Waals surface area contributed by atoms with Crippen LogP contribution in [0.15, 0.2) is 41.3 Å². The Hall–Kier alpha value is -2.23. The third-order valence-corrected chi connectivity index (χ3v) is 3.89. The molecule has 0 fully saturated rings. The van der Waals surface area contributed by atoms with Crippen LogP contribution in [0.5, 0.6) is 5.75 Å². The highest BCUT2D eigenvalue weighted by molar-refractivity contribution is 5.38. The SMILES string of the molecule is Nc1ccc(=O)n(CCCOc2ccc3c(c2)CCC3)c1. The highest BCUT2D eigenvalue weighted by atomic mass is 16.5. The van der Waals surface area contributed by atoms with Crippen LogP contribution in [0, 0.1) is 0 Å². The van der Waals surface area contributed by atoms with Crippen molar-refractivity contribution in [3.05, 3.63) is 58.0 Å². The number of benzene rings is 1. The van der Waals surface area contributed by atoms with Crippen LogP contribution in [0.4, 0.5) is 5.69 Å². The molecule has 0 radical (unpaired) electrons. The second kappa shape index (κ2) is 6.04. The number of aromatic nitrogens is 1. The van der Waals surface area contributed by atoms with E-state index in [9.17, 15) is 4.79 Å². The summed E-state index contributed by atoms with van der Waals surface area (Å²) in [5, 5.41) is 0. The Kier molecular flexibility index (Phi) is 3.95. The molecule has 21 heavy (non-hydrogen) atoms. The van der Waals surface area contributed by atoms with Gasteiger partial charge in [-0.25, -0.2) is 0 Å². The summed E-state index contributed by atoms with van der Waals surface area (Å²) in [6.45, 7) is 1.22. The van der Waals surface area contributed by atoms with Crippen molar-refractivity contribution in [3.63, 3.8) is 0 Å². The van der Waals surface area contributed by atoms with Gasteiger partial charge in [-0.15, -0.1) is 0 Å². The number of nitrogens with two attached hydrogens (primary N) is 1. The molecule has 0 atom stereocenters. The number of nitrogen functional groups attached to an aromatic ring is 1. The molecule has 110 valence electrons. The van der Waals surface area contributed by atoms with Gasteiger partial charge in [0.05, 0.1) is 6.61 Å². The number of nitrogens with zero attached hydrogens (tertiary/aromatic N) is 1. The number of ether oxygens (including phenoxy) is 1. The van der Waals surface area contributed by atoms with Gasteiger partial charge < -0.3 is 15.0 Å². The summed E-state index contributed by atoms with van der Waals surface area (Å²) < 4.78 is 7.40. The van der Waals surface area contributed by atoms with Crippen LogP contribution in [0.1, 0.15) is 24.0 Å². The molecule has 0 amide bonds. The Morgan fingerprint density at radius 3 is 2.90 bits per heavy atom. The Bertz CT molecular complexity index is 691. The van der Waals surface area contributed by atoms with Crippen LogP contribution in [0.2, 0.25) is 0 Å². The molecule has 0 saturated carbocycles. The third-order valence-electron chi connectivity index (χ3n) is 3.89. The minimum absolute atomic E-state index is 0.0262. The molecule has 1 aliphatic rings. The van der Waals surface area contributed by atoms with Crippen LogP contribution in [-0.2, 0) is 19.4 Å². The first-order valence-electron chi connectivity index (χ1n) is 7.43. The average molecular weight is 284 g/mol. The number of rotatable bonds is 5. The Morgan fingerprint density at radius 2 is 2.00 bits per heavy atom. The molecular weight excluding hydrogens is 264 g/mol. The fraction of sp³-hybridized carbons (Fsp3) is 0.353. The zero-order valence-electron chi connectivity index (χ0n) is 12.0. The van der Waals surface area contributed by atoms with E-state index < -0.39 is 0 Å². The van der Waals surface area contributed by atoms with E-state index in [2.05, 4.69) is 12.1 Å². The fourth-order valence-corrected chi connectivity index (χ4v) is 2.79. The van der Waals surface area contributed by atoms with Gasteiger partial charge in [-0.05, 0) is 55.0 Å². The summed E-state index contributed by atoms with van der Waals surface area (Å²) in [4.78, 5) is 11.6. The van der Waals surface area contributed by atoms with Gasteiger partial charge in [-0.3, -0.25) is 4.79 Å². The lowest BCUT2D eigenvalue weighted by Gasteiger charge is -2.09. The quantitative estimate of drug-likeness (QED) is 0.858. The van der Waals surface area contributed by atoms with Gasteiger partial charge in [0, 0.05) is 24.5 Å². The van der Waals surface area contributed by atoms with Crippen molar-refractivity contribution in [1.82, 2.24) is 4.57 Å². The van der Waals surface area contributed by atoms with Crippen LogP contribution in [0.25, 0.3) is 0 Å². The van der Waals surface area contributed by atoms with E-state index in [1.807, 2.05) is 6.07 Å². The second-order valence-corrected chi connectivity index (χ2v) is 5.48. The molecule has 0 bridgehead atoms. The van der Waals surface area contributed by atoms with Gasteiger partial charge in [-0.2, -0.15) is 0 Å². The van der Waals surface area contributed by atoms with Crippen LogP contribution in [0.3, 0.4) is 0 Å². The van der Waals surface area contributed by atoms with E-state index >= 15 is 0 Å². The van der Waals surface area contributed by atoms with Crippen molar-refractivity contribution < 1.29 is 4.74 Å². The summed E-state index contributed by atoms with van der Waals surface area (Å²) in [7, 11) is 0. The zero-order valence-corrected chi connectivity index (χ0v) is 12.0. The predicted octanol–water partition coefficient (Wildman–Crippen LogP) is 2.39. The summed E-state index contributed by atoms with van der Waals surface area (Å²) in [6.07, 6.45) is 6.05. The molecule has 4 heteroatoms. The number of pyridine rings is 1. The van der Waals surface area contributed by atoms with Crippen molar-refractivity contribution in [1.29, 1.82) is 0 Å². The van der Waals surface area contributed by atoms with E-state index in [0.29, 0.717) is 18.8 Å². The molecule has 4 nitrogen and oxygen atoms in total. The van der Waals surface area contributed by atoms with Crippen LogP contribution in [-0.4, -0.2) is 11.2 Å². The minimum Gasteiger partial charge on any atom is -0.494 e. The standard InChI is InChI=1S/C17H20N2O2/c18-15-6-8-17(20)19(12-15)9-2-10-21-16-7-5-13-3-1-4-14(13)11-16/h5-8,11-12H,1-4,9-10,18H2. The lowest BCUT2D eigenvalue weighted by molar-refractivity contribution is 0.300. The molecule has 2 aromatic rings. The Balaban J connectivity index is 1.52. The van der Waals surface area contributed by atoms with E-state index in [1.54, 1.807) is 16.8 Å². The summed E-state index contributed by atoms with van der Waals surface area (Å²) in [5.41, 5.74) is 9.13. The van der Waals surface area contributed by atoms with Crippen molar-refractivity contribution in [2.75, 3.05) is 12.3 Å². The highest BCUT2D eigenvalue weighted by Gasteiger charge is 2.10. The minimum atomic E-state index is -0.0262. The first-order chi connectivity index (χ1) is 10.2. The zero-order chi connectivity index (χ0) is 14.7. The maximum atomic E-state index is 11.6. The number of aryl methyl sites for hydroxylation is 3. The molecule has 1 aromatic carbocycles. The maximum absolute atomic E-state index is 11.6. The van der Waals surface area contributed by atoms with Crippen LogP contribution >= 0.6 is 0 Å². The number of hydrogen-bond acceptors (Lipinski definition) is 3. The summed E-state index contributed by atoms with van der Waals surface area (Å²) >= 11 is 0. The fourth-order valence-electron chi connectivity index (χ4n) is 2.79. The van der Waals surface area contributed by atoms with Crippen molar-refractivity contribution in [3.8, 4) is 5.75 Å². The largest absolute Gasteiger partial charge is 0.494 e. The molecule has 1 heterocycles. The monoisotopic (exact) mass is 284 g/mol. The van der Waals surface area contributed by atoms with Gasteiger partial charge in [0.25, 0.3) is 5.56 Å². The van der Waals surface area contributed by atoms with E-state index in [4.69, 9.17) is 10.5 Å². The lowest BCUT2D eigenvalue weighted by Crippen LogP contribution is -2.20. The second-order valence-electron chi connectivity index (χ2n) is 5.48. The van der Waals surface area contributed by atoms with Gasteiger partial charge in [0.2, 0.25) is 0 Å². The molecule has 0 unspecified atom stereocenters. The Labute approximate surface area is 124 Å². The smallest absolute Gasteiger partial charge is 0.250 e. The van der Waals surface area contributed by atoms with Gasteiger partial charge in [0.1, 0.15) is 5.75 Å². The molecule has 1 aromatic heterocycles. The molecule has 0 aliphatic heterocycles. The first kappa shape index (κ1) is 13.7. The molecule has 1 aliphatic carbocycles. The van der Waals surface area contributed by atoms with Gasteiger partial charge in [0.15, 0.2) is 0 Å². The molecule has 0 saturated heterocycles. The van der Waals surface area contributed by atoms with Crippen molar-refractivity contribution >= 4 is 5.69 Å². The molecule has 3 rings (SSSR count). The number of anilines is 1. The Morgan fingerprint density at radius 1 is 1.14 bits per heavy atom. The summed E-state index contributed by atoms with van der Waals surface area (Å²) in [6, 6.07) is 9.47. The van der Waals surface area contributed by atoms with Crippen molar-refractivity contribution in [2.45, 2.75) is 32.2 Å². The van der Waals surface area contributed by atoms with E-state index in [0.717, 1.165) is 18.6 Å². The first-order valence-corrected chi connectivity index (χ1v) is 7.43. The van der Waals surface area contributed by atoms with Gasteiger partial charge >= 0.3 is 0 Å². The molecular formula is C17H20N2O2. The average Bonchev–Trinajstić information content (AvgIpc) is 2.94. The van der Waals surface area contributed by atoms with E-state index in [1.165, 1.54) is 30.0 Å². The molecule has 2 N–H and O–H groups in total. The van der Waals surface area contributed by atoms with E-state index in [-0.39, 0.29) is 5.56 Å². The summed E-state index contributed by atoms with van der Waals surface area (Å²) in [5.74, 6) is 0.926. The molecule has 0 spiro atoms. The number of fused-ring (bicyclic) bond motifs is 1. The highest BCUT2D eigenvalue weighted by Crippen LogP contribution is 2.26. The van der Waals surface area contributed by atoms with Crippen LogP contribution < -0.4 is 16.0 Å². The number of hydrogen-bond donors (Lipinski definition) is 1. The lowest BCUT2D eigenvalue weighted by atomic mass is 10.1.